The van der Waals surface area contributed by atoms with Crippen LogP contribution in [0.25, 0.3) is 0 Å². The number of nitrogens with zero attached hydrogens (tertiary/aromatic N) is 2. The molecule has 0 radical (unpaired) electrons. The van der Waals surface area contributed by atoms with E-state index in [1.165, 1.54) is 17.9 Å². The van der Waals surface area contributed by atoms with E-state index in [1.807, 2.05) is 24.8 Å². The highest BCUT2D eigenvalue weighted by molar-refractivity contribution is 7.99. The van der Waals surface area contributed by atoms with Crippen LogP contribution in [0.2, 0.25) is 0 Å². The largest absolute Gasteiger partial charge is 0.368 e. The average molecular weight is 209 g/mol. The van der Waals surface area contributed by atoms with Crippen LogP contribution in [-0.2, 0) is 0 Å². The summed E-state index contributed by atoms with van der Waals surface area (Å²) in [7, 11) is 0. The summed E-state index contributed by atoms with van der Waals surface area (Å²) in [5.74, 6) is 4.31. The van der Waals surface area contributed by atoms with Crippen molar-refractivity contribution in [2.24, 2.45) is 5.92 Å². The maximum absolute atomic E-state index is 4.03. The van der Waals surface area contributed by atoms with Crippen LogP contribution in [0.5, 0.6) is 0 Å². The average Bonchev–Trinajstić information content (AvgIpc) is 2.67. The van der Waals surface area contributed by atoms with Crippen LogP contribution in [0.4, 0.5) is 5.82 Å². The summed E-state index contributed by atoms with van der Waals surface area (Å²) in [6.07, 6.45) is 3.10. The van der Waals surface area contributed by atoms with Crippen molar-refractivity contribution in [3.8, 4) is 0 Å². The van der Waals surface area contributed by atoms with Crippen LogP contribution < -0.4 is 5.32 Å². The Labute approximate surface area is 88.7 Å². The molecule has 1 aromatic rings. The summed E-state index contributed by atoms with van der Waals surface area (Å²) in [6.45, 7) is 3.07. The van der Waals surface area contributed by atoms with Crippen molar-refractivity contribution in [2.45, 2.75) is 13.3 Å². The van der Waals surface area contributed by atoms with Crippen molar-refractivity contribution in [2.75, 3.05) is 23.4 Å². The van der Waals surface area contributed by atoms with E-state index in [1.54, 1.807) is 6.20 Å². The first-order chi connectivity index (χ1) is 6.84. The third-order valence-corrected chi connectivity index (χ3v) is 3.62. The van der Waals surface area contributed by atoms with Crippen LogP contribution in [0.1, 0.15) is 12.0 Å². The molecule has 0 spiro atoms. The summed E-state index contributed by atoms with van der Waals surface area (Å²) >= 11 is 2.04. The molecule has 0 bridgehead atoms. The van der Waals surface area contributed by atoms with Crippen LogP contribution in [0, 0.1) is 12.8 Å². The Hall–Kier alpha value is -0.770. The Balaban J connectivity index is 1.85. The van der Waals surface area contributed by atoms with Gasteiger partial charge in [-0.2, -0.15) is 16.9 Å². The number of thioether (sulfide) groups is 1. The lowest BCUT2D eigenvalue weighted by Gasteiger charge is -2.09. The summed E-state index contributed by atoms with van der Waals surface area (Å²) in [5.41, 5.74) is 1.16. The maximum Gasteiger partial charge on any atom is 0.148 e. The van der Waals surface area contributed by atoms with Gasteiger partial charge in [-0.1, -0.05) is 0 Å². The highest BCUT2D eigenvalue weighted by Crippen LogP contribution is 2.23. The Bertz CT molecular complexity index is 297. The summed E-state index contributed by atoms with van der Waals surface area (Å²) < 4.78 is 0. The van der Waals surface area contributed by atoms with Gasteiger partial charge < -0.3 is 5.32 Å². The molecule has 1 atom stereocenters. The minimum atomic E-state index is 0.808. The van der Waals surface area contributed by atoms with Crippen LogP contribution in [-0.4, -0.2) is 28.2 Å². The summed E-state index contributed by atoms with van der Waals surface area (Å²) in [4.78, 5) is 0. The van der Waals surface area contributed by atoms with Gasteiger partial charge in [-0.3, -0.25) is 0 Å². The van der Waals surface area contributed by atoms with Gasteiger partial charge in [-0.25, -0.2) is 0 Å². The van der Waals surface area contributed by atoms with Gasteiger partial charge in [0.05, 0.1) is 6.20 Å². The van der Waals surface area contributed by atoms with Gasteiger partial charge >= 0.3 is 0 Å². The number of aromatic nitrogens is 2. The lowest BCUT2D eigenvalue weighted by molar-refractivity contribution is 0.629. The number of hydrogen-bond donors (Lipinski definition) is 1. The van der Waals surface area contributed by atoms with Gasteiger partial charge in [0, 0.05) is 6.54 Å². The second kappa shape index (κ2) is 4.64. The van der Waals surface area contributed by atoms with E-state index in [0.717, 1.165) is 23.8 Å². The summed E-state index contributed by atoms with van der Waals surface area (Å²) in [6, 6.07) is 2.04. The smallest absolute Gasteiger partial charge is 0.148 e. The number of hydrogen-bond acceptors (Lipinski definition) is 4. The number of rotatable bonds is 3. The van der Waals surface area contributed by atoms with E-state index in [2.05, 4.69) is 15.5 Å². The first kappa shape index (κ1) is 9.77. The van der Waals surface area contributed by atoms with E-state index in [9.17, 15) is 0 Å². The van der Waals surface area contributed by atoms with Crippen molar-refractivity contribution in [1.29, 1.82) is 0 Å². The zero-order valence-electron chi connectivity index (χ0n) is 8.36. The lowest BCUT2D eigenvalue weighted by atomic mass is 10.1. The Morgan fingerprint density at radius 2 is 2.57 bits per heavy atom. The van der Waals surface area contributed by atoms with Gasteiger partial charge in [0.2, 0.25) is 0 Å². The molecule has 0 aromatic carbocycles. The lowest BCUT2D eigenvalue weighted by Crippen LogP contribution is -2.14. The molecule has 1 fully saturated rings. The molecular formula is C10H15N3S. The third-order valence-electron chi connectivity index (χ3n) is 2.39. The number of aryl methyl sites for hydroxylation is 1. The second-order valence-corrected chi connectivity index (χ2v) is 4.88. The molecule has 1 N–H and O–H groups in total. The van der Waals surface area contributed by atoms with Crippen molar-refractivity contribution in [1.82, 2.24) is 10.2 Å². The molecule has 3 nitrogen and oxygen atoms in total. The maximum atomic E-state index is 4.03. The van der Waals surface area contributed by atoms with Crippen LogP contribution in [0.15, 0.2) is 12.3 Å². The highest BCUT2D eigenvalue weighted by Gasteiger charge is 2.14. The van der Waals surface area contributed by atoms with Gasteiger partial charge in [0.1, 0.15) is 5.82 Å². The molecule has 0 saturated carbocycles. The minimum Gasteiger partial charge on any atom is -0.368 e. The van der Waals surface area contributed by atoms with Gasteiger partial charge in [-0.15, -0.1) is 5.10 Å². The fourth-order valence-corrected chi connectivity index (χ4v) is 2.83. The Morgan fingerprint density at radius 3 is 3.29 bits per heavy atom. The first-order valence-electron chi connectivity index (χ1n) is 4.95. The molecule has 76 valence electrons. The number of nitrogens with one attached hydrogen (secondary N) is 1. The topological polar surface area (TPSA) is 37.8 Å². The van der Waals surface area contributed by atoms with Gasteiger partial charge in [0.15, 0.2) is 0 Å². The Kier molecular flexibility index (Phi) is 3.24. The fourth-order valence-electron chi connectivity index (χ4n) is 1.54. The SMILES string of the molecule is Cc1cnnc(NCC2CCSC2)c1. The third kappa shape index (κ3) is 2.61. The molecule has 1 aliphatic heterocycles. The second-order valence-electron chi connectivity index (χ2n) is 3.73. The zero-order chi connectivity index (χ0) is 9.80. The quantitative estimate of drug-likeness (QED) is 0.825. The monoisotopic (exact) mass is 209 g/mol. The van der Waals surface area contributed by atoms with E-state index in [-0.39, 0.29) is 0 Å². The molecule has 0 amide bonds. The zero-order valence-corrected chi connectivity index (χ0v) is 9.18. The van der Waals surface area contributed by atoms with E-state index in [0.29, 0.717) is 0 Å². The van der Waals surface area contributed by atoms with Gasteiger partial charge in [0.25, 0.3) is 0 Å². The molecule has 1 saturated heterocycles. The van der Waals surface area contributed by atoms with E-state index >= 15 is 0 Å². The van der Waals surface area contributed by atoms with Crippen LogP contribution in [0.3, 0.4) is 0 Å². The van der Waals surface area contributed by atoms with Crippen molar-refractivity contribution >= 4 is 17.6 Å². The van der Waals surface area contributed by atoms with Crippen molar-refractivity contribution < 1.29 is 0 Å². The molecule has 2 rings (SSSR count). The molecule has 1 aromatic heterocycles. The Morgan fingerprint density at radius 1 is 1.64 bits per heavy atom. The van der Waals surface area contributed by atoms with Crippen LogP contribution >= 0.6 is 11.8 Å². The first-order valence-corrected chi connectivity index (χ1v) is 6.11. The standard InChI is InChI=1S/C10H15N3S/c1-8-4-10(13-12-5-8)11-6-9-2-3-14-7-9/h4-5,9H,2-3,6-7H2,1H3,(H,11,13). The molecule has 0 aliphatic carbocycles. The summed E-state index contributed by atoms with van der Waals surface area (Å²) in [5, 5.41) is 11.3. The number of anilines is 1. The molecular weight excluding hydrogens is 194 g/mol. The predicted octanol–water partition coefficient (Wildman–Crippen LogP) is 1.95. The molecule has 4 heteroatoms. The molecule has 1 unspecified atom stereocenters. The van der Waals surface area contributed by atoms with E-state index in [4.69, 9.17) is 0 Å². The van der Waals surface area contributed by atoms with Crippen molar-refractivity contribution in [3.63, 3.8) is 0 Å². The minimum absolute atomic E-state index is 0.808. The highest BCUT2D eigenvalue weighted by atomic mass is 32.2. The normalized spacial score (nSPS) is 21.1. The van der Waals surface area contributed by atoms with E-state index < -0.39 is 0 Å². The fraction of sp³-hybridized carbons (Fsp3) is 0.600. The van der Waals surface area contributed by atoms with Crippen molar-refractivity contribution in [3.05, 3.63) is 17.8 Å². The predicted molar refractivity (Wildman–Crippen MR) is 60.7 cm³/mol. The molecule has 1 aliphatic rings. The molecule has 2 heterocycles. The molecule has 14 heavy (non-hydrogen) atoms. The van der Waals surface area contributed by atoms with Gasteiger partial charge in [-0.05, 0) is 42.4 Å².